The fraction of sp³-hybridized carbons (Fsp3) is 0.292. The molecule has 3 heterocycles. The average Bonchev–Trinajstić information content (AvgIpc) is 3.62. The third-order valence-electron chi connectivity index (χ3n) is 13.6. The van der Waals surface area contributed by atoms with Gasteiger partial charge >= 0.3 is 0 Å². The lowest BCUT2D eigenvalue weighted by Gasteiger charge is -2.51. The molecule has 3 aliphatic heterocycles. The van der Waals surface area contributed by atoms with Crippen LogP contribution in [0.2, 0.25) is 5.02 Å². The molecule has 57 heavy (non-hydrogen) atoms. The van der Waals surface area contributed by atoms with Gasteiger partial charge in [0.05, 0.1) is 28.9 Å². The van der Waals surface area contributed by atoms with Crippen molar-refractivity contribution >= 4 is 51.7 Å². The number of benzene rings is 5. The van der Waals surface area contributed by atoms with Gasteiger partial charge in [0.2, 0.25) is 23.6 Å². The van der Waals surface area contributed by atoms with Gasteiger partial charge in [0, 0.05) is 42.2 Å². The van der Waals surface area contributed by atoms with E-state index in [-0.39, 0.29) is 35.9 Å². The van der Waals surface area contributed by atoms with Gasteiger partial charge in [-0.25, -0.2) is 4.90 Å². The number of rotatable bonds is 6. The highest BCUT2D eigenvalue weighted by Gasteiger charge is 2.70. The Labute approximate surface area is 336 Å². The fourth-order valence-electron chi connectivity index (χ4n) is 11.2. The number of allylic oxidation sites excluding steroid dienone is 2. The van der Waals surface area contributed by atoms with Crippen LogP contribution in [0.25, 0.3) is 10.8 Å². The van der Waals surface area contributed by atoms with Crippen LogP contribution in [-0.2, 0) is 31.1 Å². The van der Waals surface area contributed by atoms with Gasteiger partial charge in [0.15, 0.2) is 0 Å². The predicted octanol–water partition coefficient (Wildman–Crippen LogP) is 8.03. The molecule has 10 rings (SSSR count). The number of carbonyl (C=O) groups is 4. The molecule has 0 bridgehead atoms. The van der Waals surface area contributed by atoms with Crippen LogP contribution in [0.5, 0.6) is 5.75 Å². The molecule has 2 aliphatic carbocycles. The van der Waals surface area contributed by atoms with Gasteiger partial charge in [-0.15, -0.1) is 0 Å². The van der Waals surface area contributed by atoms with Crippen molar-refractivity contribution in [3.8, 4) is 5.75 Å². The van der Waals surface area contributed by atoms with E-state index in [9.17, 15) is 14.7 Å². The van der Waals surface area contributed by atoms with Crippen molar-refractivity contribution in [1.29, 1.82) is 0 Å². The first-order chi connectivity index (χ1) is 27.8. The van der Waals surface area contributed by atoms with Crippen LogP contribution >= 0.6 is 11.6 Å². The van der Waals surface area contributed by atoms with Crippen molar-refractivity contribution in [2.75, 3.05) is 18.0 Å². The summed E-state index contributed by atoms with van der Waals surface area (Å²) in [6.45, 7) is 2.37. The molecule has 5 aliphatic rings. The molecule has 0 radical (unpaired) electrons. The van der Waals surface area contributed by atoms with Crippen molar-refractivity contribution in [1.82, 2.24) is 9.80 Å². The van der Waals surface area contributed by atoms with Crippen LogP contribution in [0.15, 0.2) is 133 Å². The van der Waals surface area contributed by atoms with Crippen LogP contribution in [0.4, 0.5) is 5.69 Å². The zero-order valence-electron chi connectivity index (χ0n) is 31.3. The van der Waals surface area contributed by atoms with E-state index in [2.05, 4.69) is 23.1 Å². The Hall–Kier alpha value is -5.57. The molecule has 4 fully saturated rings. The monoisotopic (exact) mass is 775 g/mol. The number of phenols is 1. The van der Waals surface area contributed by atoms with Crippen LogP contribution in [0, 0.1) is 23.7 Å². The maximum atomic E-state index is 15.7. The molecule has 6 atom stereocenters. The average molecular weight is 776 g/mol. The Kier molecular flexibility index (Phi) is 8.68. The number of fused-ring (bicyclic) bond motifs is 5. The number of anilines is 1. The first-order valence-electron chi connectivity index (χ1n) is 20.0. The maximum absolute atomic E-state index is 15.7. The second-order valence-electron chi connectivity index (χ2n) is 16.4. The van der Waals surface area contributed by atoms with Gasteiger partial charge in [-0.05, 0) is 77.8 Å². The Bertz CT molecular complexity index is 2480. The van der Waals surface area contributed by atoms with Crippen LogP contribution in [0.3, 0.4) is 0 Å². The summed E-state index contributed by atoms with van der Waals surface area (Å²) in [6, 6.07) is 37.6. The molecular weight excluding hydrogens is 734 g/mol. The first kappa shape index (κ1) is 35.8. The van der Waals surface area contributed by atoms with Crippen molar-refractivity contribution in [2.45, 2.75) is 49.6 Å². The van der Waals surface area contributed by atoms with Gasteiger partial charge in [-0.2, -0.15) is 0 Å². The summed E-state index contributed by atoms with van der Waals surface area (Å²) in [5, 5.41) is 14.1. The summed E-state index contributed by atoms with van der Waals surface area (Å²) in [5.41, 5.74) is 2.17. The number of phenolic OH excluding ortho intramolecular Hbond substituents is 1. The summed E-state index contributed by atoms with van der Waals surface area (Å²) >= 11 is 6.48. The van der Waals surface area contributed by atoms with E-state index >= 15 is 9.59 Å². The highest BCUT2D eigenvalue weighted by atomic mass is 35.5. The van der Waals surface area contributed by atoms with E-state index in [4.69, 9.17) is 11.6 Å². The van der Waals surface area contributed by atoms with E-state index in [1.54, 1.807) is 35.2 Å². The lowest BCUT2D eigenvalue weighted by atomic mass is 9.48. The largest absolute Gasteiger partial charge is 0.508 e. The molecule has 6 unspecified atom stereocenters. The minimum absolute atomic E-state index is 0.00981. The van der Waals surface area contributed by atoms with Crippen molar-refractivity contribution in [3.63, 3.8) is 0 Å². The van der Waals surface area contributed by atoms with Crippen LogP contribution in [0.1, 0.15) is 48.3 Å². The van der Waals surface area contributed by atoms with Crippen LogP contribution in [-0.4, -0.2) is 57.7 Å². The van der Waals surface area contributed by atoms with Gasteiger partial charge in [-0.1, -0.05) is 120 Å². The molecule has 1 N–H and O–H groups in total. The second kappa shape index (κ2) is 13.8. The second-order valence-corrected chi connectivity index (χ2v) is 16.8. The topological polar surface area (TPSA) is 98.2 Å². The lowest BCUT2D eigenvalue weighted by molar-refractivity contribution is -0.144. The molecule has 4 amide bonds. The Balaban J connectivity index is 1.10. The molecule has 1 saturated carbocycles. The number of likely N-dealkylation sites (tertiary alicyclic amines) is 2. The van der Waals surface area contributed by atoms with E-state index in [1.807, 2.05) is 78.9 Å². The highest BCUT2D eigenvalue weighted by Crippen LogP contribution is 2.66. The number of aromatic hydroxyl groups is 1. The molecular formula is C48H42ClN3O5. The van der Waals surface area contributed by atoms with Crippen molar-refractivity contribution in [2.24, 2.45) is 23.7 Å². The molecule has 0 spiro atoms. The fourth-order valence-corrected chi connectivity index (χ4v) is 11.4. The number of hydrogen-bond acceptors (Lipinski definition) is 6. The van der Waals surface area contributed by atoms with Gasteiger partial charge in [0.25, 0.3) is 0 Å². The number of piperidine rings is 1. The van der Waals surface area contributed by atoms with Gasteiger partial charge in [0.1, 0.15) is 5.75 Å². The highest BCUT2D eigenvalue weighted by molar-refractivity contribution is 6.32. The number of carbonyl (C=O) groups excluding carboxylic acids is 4. The zero-order valence-corrected chi connectivity index (χ0v) is 32.1. The van der Waals surface area contributed by atoms with Crippen molar-refractivity contribution < 1.29 is 24.3 Å². The molecule has 8 nitrogen and oxygen atoms in total. The molecule has 5 aromatic rings. The summed E-state index contributed by atoms with van der Waals surface area (Å²) in [6.07, 6.45) is 4.00. The molecule has 9 heteroatoms. The van der Waals surface area contributed by atoms with E-state index in [1.165, 1.54) is 10.5 Å². The molecule has 286 valence electrons. The van der Waals surface area contributed by atoms with E-state index in [0.29, 0.717) is 41.1 Å². The Morgan fingerprint density at radius 3 is 2.21 bits per heavy atom. The summed E-state index contributed by atoms with van der Waals surface area (Å²) in [4.78, 5) is 65.4. The third kappa shape index (κ3) is 5.44. The standard InChI is InChI=1S/C48H42ClN3O5/c49-32-15-9-16-34(26-32)52-45(55)39-27-38-36(19-20-37-41(38)46(56)51(44(37)54)33-22-24-50(25-23-33)28-29-10-3-1-4-11-29)43(48(39,47(52)57)31-13-5-2-6-14-31)42-35-17-8-7-12-30(35)18-21-40(42)53/h1-19,21,26,33,37-39,41,43,53H,20,22-25,27-28H2. The lowest BCUT2D eigenvalue weighted by Crippen LogP contribution is -2.53. The molecule has 3 saturated heterocycles. The SMILES string of the molecule is O=C1C2CC3C(=CCC4C(=O)N(C5CCN(Cc6ccccc6)CC5)C(=O)C43)C(c3c(O)ccc4ccccc34)C2(c2ccccc2)C(=O)N1c1cccc(Cl)c1. The van der Waals surface area contributed by atoms with E-state index in [0.717, 1.165) is 36.0 Å². The Morgan fingerprint density at radius 2 is 1.46 bits per heavy atom. The predicted molar refractivity (Wildman–Crippen MR) is 218 cm³/mol. The zero-order chi connectivity index (χ0) is 39.0. The normalized spacial score (nSPS) is 27.7. The number of nitrogens with zero attached hydrogens (tertiary/aromatic N) is 3. The van der Waals surface area contributed by atoms with Gasteiger partial charge in [-0.3, -0.25) is 29.0 Å². The number of amides is 4. The molecule has 0 aromatic heterocycles. The minimum Gasteiger partial charge on any atom is -0.508 e. The number of hydrogen-bond donors (Lipinski definition) is 1. The summed E-state index contributed by atoms with van der Waals surface area (Å²) in [5.74, 6) is -4.57. The van der Waals surface area contributed by atoms with E-state index < -0.39 is 40.9 Å². The van der Waals surface area contributed by atoms with Gasteiger partial charge < -0.3 is 5.11 Å². The first-order valence-corrected chi connectivity index (χ1v) is 20.4. The number of imide groups is 2. The van der Waals surface area contributed by atoms with Crippen LogP contribution < -0.4 is 4.90 Å². The van der Waals surface area contributed by atoms with Crippen molar-refractivity contribution in [3.05, 3.63) is 155 Å². The minimum atomic E-state index is -1.48. The quantitative estimate of drug-likeness (QED) is 0.139. The maximum Gasteiger partial charge on any atom is 0.246 e. The smallest absolute Gasteiger partial charge is 0.246 e. The molecule has 5 aromatic carbocycles. The summed E-state index contributed by atoms with van der Waals surface area (Å²) < 4.78 is 0. The Morgan fingerprint density at radius 1 is 0.737 bits per heavy atom. The third-order valence-corrected chi connectivity index (χ3v) is 13.8. The number of halogens is 1. The summed E-state index contributed by atoms with van der Waals surface area (Å²) in [7, 11) is 0.